The van der Waals surface area contributed by atoms with Crippen LogP contribution in [0.4, 0.5) is 0 Å². The summed E-state index contributed by atoms with van der Waals surface area (Å²) in [7, 11) is 0. The van der Waals surface area contributed by atoms with Crippen LogP contribution < -0.4 is 10.6 Å². The van der Waals surface area contributed by atoms with E-state index in [-0.39, 0.29) is 0 Å². The molecule has 0 aromatic heterocycles. The molecule has 2 N–H and O–H groups in total. The van der Waals surface area contributed by atoms with Crippen LogP contribution in [0.15, 0.2) is 0 Å². The van der Waals surface area contributed by atoms with E-state index in [0.29, 0.717) is 0 Å². The van der Waals surface area contributed by atoms with Gasteiger partial charge in [-0.25, -0.2) is 0 Å². The third kappa shape index (κ3) is 4.07. The van der Waals surface area contributed by atoms with Gasteiger partial charge in [0, 0.05) is 0 Å². The Morgan fingerprint density at radius 3 is 2.75 bits per heavy atom. The van der Waals surface area contributed by atoms with E-state index in [0.717, 1.165) is 5.92 Å². The van der Waals surface area contributed by atoms with E-state index in [9.17, 15) is 0 Å². The summed E-state index contributed by atoms with van der Waals surface area (Å²) < 4.78 is 0. The van der Waals surface area contributed by atoms with Crippen molar-refractivity contribution >= 4 is 0 Å². The second-order valence-electron chi connectivity index (χ2n) is 3.75. The van der Waals surface area contributed by atoms with Crippen LogP contribution >= 0.6 is 0 Å². The average molecular weight is 170 g/mol. The molecule has 1 aliphatic heterocycles. The second-order valence-corrected chi connectivity index (χ2v) is 3.75. The summed E-state index contributed by atoms with van der Waals surface area (Å²) in [4.78, 5) is 0. The minimum atomic E-state index is 0.933. The van der Waals surface area contributed by atoms with Gasteiger partial charge in [-0.05, 0) is 51.4 Å². The van der Waals surface area contributed by atoms with Crippen LogP contribution in [0, 0.1) is 5.92 Å². The molecule has 72 valence electrons. The van der Waals surface area contributed by atoms with Crippen LogP contribution in [0.3, 0.4) is 0 Å². The van der Waals surface area contributed by atoms with Gasteiger partial charge in [0.15, 0.2) is 0 Å². The Labute approximate surface area is 76.1 Å². The van der Waals surface area contributed by atoms with Gasteiger partial charge in [0.25, 0.3) is 0 Å². The molecule has 0 unspecified atom stereocenters. The Bertz CT molecular complexity index is 98.0. The summed E-state index contributed by atoms with van der Waals surface area (Å²) in [5.74, 6) is 0.933. The van der Waals surface area contributed by atoms with E-state index in [1.807, 2.05) is 0 Å². The third-order valence-electron chi connectivity index (χ3n) is 2.60. The first-order valence-electron chi connectivity index (χ1n) is 5.35. The second kappa shape index (κ2) is 6.44. The maximum Gasteiger partial charge on any atom is -0.00196 e. The number of unbranched alkanes of at least 4 members (excludes halogenated alkanes) is 1. The van der Waals surface area contributed by atoms with Crippen LogP contribution in [0.2, 0.25) is 0 Å². The Kier molecular flexibility index (Phi) is 5.37. The molecule has 0 aliphatic carbocycles. The fourth-order valence-electron chi connectivity index (χ4n) is 1.69. The lowest BCUT2D eigenvalue weighted by atomic mass is 9.98. The number of hydrogen-bond donors (Lipinski definition) is 2. The molecule has 12 heavy (non-hydrogen) atoms. The maximum absolute atomic E-state index is 3.53. The lowest BCUT2D eigenvalue weighted by Gasteiger charge is -2.22. The van der Waals surface area contributed by atoms with E-state index >= 15 is 0 Å². The molecule has 0 saturated carbocycles. The molecule has 1 saturated heterocycles. The normalized spacial score (nSPS) is 19.8. The van der Waals surface area contributed by atoms with Crippen molar-refractivity contribution in [3.63, 3.8) is 0 Å². The molecule has 1 aliphatic rings. The van der Waals surface area contributed by atoms with E-state index in [4.69, 9.17) is 0 Å². The number of nitrogens with one attached hydrogen (secondary N) is 2. The largest absolute Gasteiger partial charge is 0.317 e. The quantitative estimate of drug-likeness (QED) is 0.609. The molecule has 0 amide bonds. The Morgan fingerprint density at radius 2 is 2.08 bits per heavy atom. The molecule has 0 atom stereocenters. The highest BCUT2D eigenvalue weighted by Crippen LogP contribution is 2.09. The number of piperidine rings is 1. The monoisotopic (exact) mass is 170 g/mol. The molecular weight excluding hydrogens is 148 g/mol. The van der Waals surface area contributed by atoms with Crippen LogP contribution in [0.1, 0.15) is 32.6 Å². The first-order valence-corrected chi connectivity index (χ1v) is 5.35. The Morgan fingerprint density at radius 1 is 1.33 bits per heavy atom. The van der Waals surface area contributed by atoms with Crippen molar-refractivity contribution in [3.8, 4) is 0 Å². The van der Waals surface area contributed by atoms with Gasteiger partial charge in [-0.15, -0.1) is 0 Å². The summed E-state index contributed by atoms with van der Waals surface area (Å²) in [6.45, 7) is 7.13. The molecule has 2 nitrogen and oxygen atoms in total. The predicted molar refractivity (Wildman–Crippen MR) is 53.4 cm³/mol. The van der Waals surface area contributed by atoms with Gasteiger partial charge in [-0.2, -0.15) is 0 Å². The average Bonchev–Trinajstić information content (AvgIpc) is 2.14. The highest BCUT2D eigenvalue weighted by atomic mass is 14.9. The fraction of sp³-hybridized carbons (Fsp3) is 1.00. The molecule has 0 spiro atoms. The molecular formula is C10H22N2. The third-order valence-corrected chi connectivity index (χ3v) is 2.60. The molecule has 0 aromatic carbocycles. The highest BCUT2D eigenvalue weighted by molar-refractivity contribution is 4.70. The molecule has 1 heterocycles. The van der Waals surface area contributed by atoms with Crippen molar-refractivity contribution < 1.29 is 0 Å². The van der Waals surface area contributed by atoms with Crippen LogP contribution in [0.5, 0.6) is 0 Å². The van der Waals surface area contributed by atoms with Crippen molar-refractivity contribution in [2.75, 3.05) is 26.2 Å². The zero-order valence-electron chi connectivity index (χ0n) is 8.23. The molecule has 0 bridgehead atoms. The maximum atomic E-state index is 3.53. The molecule has 1 rings (SSSR count). The summed E-state index contributed by atoms with van der Waals surface area (Å²) in [6, 6.07) is 0. The molecule has 0 radical (unpaired) electrons. The van der Waals surface area contributed by atoms with Crippen molar-refractivity contribution in [1.82, 2.24) is 10.6 Å². The van der Waals surface area contributed by atoms with Gasteiger partial charge in [-0.3, -0.25) is 0 Å². The fourth-order valence-corrected chi connectivity index (χ4v) is 1.69. The number of rotatable bonds is 5. The minimum absolute atomic E-state index is 0.933. The van der Waals surface area contributed by atoms with E-state index < -0.39 is 0 Å². The summed E-state index contributed by atoms with van der Waals surface area (Å²) >= 11 is 0. The Balaban J connectivity index is 1.91. The molecule has 0 aromatic rings. The minimum Gasteiger partial charge on any atom is -0.317 e. The van der Waals surface area contributed by atoms with E-state index in [1.54, 1.807) is 0 Å². The predicted octanol–water partition coefficient (Wildman–Crippen LogP) is 1.38. The zero-order valence-corrected chi connectivity index (χ0v) is 8.23. The van der Waals surface area contributed by atoms with Crippen molar-refractivity contribution in [2.45, 2.75) is 32.6 Å². The topological polar surface area (TPSA) is 24.1 Å². The smallest absolute Gasteiger partial charge is 0.00196 e. The van der Waals surface area contributed by atoms with Gasteiger partial charge >= 0.3 is 0 Å². The lowest BCUT2D eigenvalue weighted by Crippen LogP contribution is -2.33. The summed E-state index contributed by atoms with van der Waals surface area (Å²) in [5.41, 5.74) is 0. The van der Waals surface area contributed by atoms with Crippen molar-refractivity contribution in [1.29, 1.82) is 0 Å². The first-order chi connectivity index (χ1) is 5.93. The standard InChI is InChI=1S/C10H22N2/c1-2-3-6-12-9-10-4-7-11-8-5-10/h10-12H,2-9H2,1H3. The van der Waals surface area contributed by atoms with Crippen molar-refractivity contribution in [3.05, 3.63) is 0 Å². The van der Waals surface area contributed by atoms with Crippen LogP contribution in [0.25, 0.3) is 0 Å². The SMILES string of the molecule is CCCCNCC1CCNCC1. The van der Waals surface area contributed by atoms with E-state index in [2.05, 4.69) is 17.6 Å². The highest BCUT2D eigenvalue weighted by Gasteiger charge is 2.11. The zero-order chi connectivity index (χ0) is 8.65. The molecule has 2 heteroatoms. The summed E-state index contributed by atoms with van der Waals surface area (Å²) in [6.07, 6.45) is 5.35. The molecule has 1 fully saturated rings. The first kappa shape index (κ1) is 10.0. The summed E-state index contributed by atoms with van der Waals surface area (Å²) in [5, 5.41) is 6.92. The van der Waals surface area contributed by atoms with E-state index in [1.165, 1.54) is 51.9 Å². The van der Waals surface area contributed by atoms with Gasteiger partial charge in [0.2, 0.25) is 0 Å². The van der Waals surface area contributed by atoms with Crippen LogP contribution in [-0.2, 0) is 0 Å². The van der Waals surface area contributed by atoms with Gasteiger partial charge in [0.05, 0.1) is 0 Å². The van der Waals surface area contributed by atoms with Crippen LogP contribution in [-0.4, -0.2) is 26.2 Å². The van der Waals surface area contributed by atoms with Gasteiger partial charge in [0.1, 0.15) is 0 Å². The lowest BCUT2D eigenvalue weighted by molar-refractivity contribution is 0.356. The van der Waals surface area contributed by atoms with Gasteiger partial charge < -0.3 is 10.6 Å². The number of hydrogen-bond acceptors (Lipinski definition) is 2. The Hall–Kier alpha value is -0.0800. The van der Waals surface area contributed by atoms with Gasteiger partial charge in [-0.1, -0.05) is 13.3 Å². The van der Waals surface area contributed by atoms with Crippen molar-refractivity contribution in [2.24, 2.45) is 5.92 Å².